The Morgan fingerprint density at radius 2 is 1.53 bits per heavy atom. The molecular formula is C24H22ClN3O3S. The van der Waals surface area contributed by atoms with Crippen molar-refractivity contribution in [3.05, 3.63) is 101 Å². The lowest BCUT2D eigenvalue weighted by atomic mass is 9.90. The highest BCUT2D eigenvalue weighted by molar-refractivity contribution is 7.80. The van der Waals surface area contributed by atoms with Gasteiger partial charge in [-0.2, -0.15) is 0 Å². The number of ether oxygens (including phenoxy) is 1. The summed E-state index contributed by atoms with van der Waals surface area (Å²) in [6.07, 6.45) is 0. The minimum absolute atomic E-state index is 0.0251. The van der Waals surface area contributed by atoms with Crippen LogP contribution in [0.5, 0.6) is 5.75 Å². The predicted molar refractivity (Wildman–Crippen MR) is 128 cm³/mol. The van der Waals surface area contributed by atoms with E-state index in [0.29, 0.717) is 10.8 Å². The van der Waals surface area contributed by atoms with Gasteiger partial charge in [0.2, 0.25) is 5.91 Å². The molecule has 8 heteroatoms. The van der Waals surface area contributed by atoms with Gasteiger partial charge in [0.25, 0.3) is 5.91 Å². The first-order valence-electron chi connectivity index (χ1n) is 9.82. The minimum atomic E-state index is -0.552. The minimum Gasteiger partial charge on any atom is -0.483 e. The van der Waals surface area contributed by atoms with Crippen molar-refractivity contribution in [2.45, 2.75) is 12.8 Å². The van der Waals surface area contributed by atoms with Crippen LogP contribution in [0.15, 0.2) is 78.9 Å². The summed E-state index contributed by atoms with van der Waals surface area (Å²) in [6.45, 7) is 1.60. The zero-order valence-corrected chi connectivity index (χ0v) is 18.9. The van der Waals surface area contributed by atoms with E-state index in [9.17, 15) is 9.59 Å². The predicted octanol–water partition coefficient (Wildman–Crippen LogP) is 3.88. The molecule has 3 N–H and O–H groups in total. The molecule has 6 nitrogen and oxygen atoms in total. The Labute approximate surface area is 196 Å². The molecule has 0 saturated heterocycles. The molecule has 0 fully saturated rings. The van der Waals surface area contributed by atoms with Gasteiger partial charge in [0.15, 0.2) is 11.7 Å². The highest BCUT2D eigenvalue weighted by Gasteiger charge is 2.23. The normalized spacial score (nSPS) is 10.3. The molecule has 0 bridgehead atoms. The van der Waals surface area contributed by atoms with Crippen molar-refractivity contribution in [1.29, 1.82) is 0 Å². The van der Waals surface area contributed by atoms with E-state index >= 15 is 0 Å². The van der Waals surface area contributed by atoms with Crippen molar-refractivity contribution in [2.75, 3.05) is 6.61 Å². The third-order valence-electron chi connectivity index (χ3n) is 4.58. The van der Waals surface area contributed by atoms with Crippen LogP contribution in [0.3, 0.4) is 0 Å². The Bertz CT molecular complexity index is 1050. The van der Waals surface area contributed by atoms with Crippen molar-refractivity contribution in [2.24, 2.45) is 0 Å². The van der Waals surface area contributed by atoms with Crippen molar-refractivity contribution in [1.82, 2.24) is 16.2 Å². The number of hydrogen-bond donors (Lipinski definition) is 3. The summed E-state index contributed by atoms with van der Waals surface area (Å²) in [5.74, 6) is -0.779. The number of carbonyl (C=O) groups excluding carboxylic acids is 2. The van der Waals surface area contributed by atoms with Crippen LogP contribution in [0.2, 0.25) is 5.02 Å². The maximum atomic E-state index is 13.0. The molecule has 0 heterocycles. The van der Waals surface area contributed by atoms with Gasteiger partial charge in [0.05, 0.1) is 5.92 Å². The molecule has 164 valence electrons. The summed E-state index contributed by atoms with van der Waals surface area (Å²) in [5, 5.41) is 3.20. The average molecular weight is 468 g/mol. The fourth-order valence-corrected chi connectivity index (χ4v) is 3.46. The lowest BCUT2D eigenvalue weighted by Gasteiger charge is -2.19. The monoisotopic (exact) mass is 467 g/mol. The first kappa shape index (κ1) is 23.2. The molecule has 0 spiro atoms. The van der Waals surface area contributed by atoms with E-state index < -0.39 is 11.8 Å². The molecule has 0 aliphatic carbocycles. The highest BCUT2D eigenvalue weighted by atomic mass is 35.5. The largest absolute Gasteiger partial charge is 0.483 e. The maximum absolute atomic E-state index is 13.0. The van der Waals surface area contributed by atoms with Crippen LogP contribution in [-0.4, -0.2) is 23.5 Å². The van der Waals surface area contributed by atoms with Crippen molar-refractivity contribution in [3.8, 4) is 5.75 Å². The zero-order valence-electron chi connectivity index (χ0n) is 17.3. The third kappa shape index (κ3) is 6.54. The molecule has 0 aromatic heterocycles. The van der Waals surface area contributed by atoms with Crippen LogP contribution < -0.4 is 20.9 Å². The molecule has 3 rings (SSSR count). The zero-order chi connectivity index (χ0) is 22.9. The van der Waals surface area contributed by atoms with Gasteiger partial charge in [0.1, 0.15) is 5.75 Å². The molecule has 0 aliphatic rings. The number of aryl methyl sites for hydroxylation is 1. The molecule has 0 unspecified atom stereocenters. The topological polar surface area (TPSA) is 79.5 Å². The van der Waals surface area contributed by atoms with Crippen molar-refractivity contribution >= 4 is 40.7 Å². The van der Waals surface area contributed by atoms with E-state index in [-0.39, 0.29) is 17.6 Å². The van der Waals surface area contributed by atoms with E-state index in [4.69, 9.17) is 28.6 Å². The van der Waals surface area contributed by atoms with Crippen LogP contribution in [0.25, 0.3) is 0 Å². The van der Waals surface area contributed by atoms with Crippen LogP contribution in [0.4, 0.5) is 0 Å². The molecular weight excluding hydrogens is 446 g/mol. The molecule has 32 heavy (non-hydrogen) atoms. The first-order chi connectivity index (χ1) is 15.4. The second kappa shape index (κ2) is 11.3. The van der Waals surface area contributed by atoms with Gasteiger partial charge in [-0.1, -0.05) is 72.3 Å². The lowest BCUT2D eigenvalue weighted by Crippen LogP contribution is -2.50. The smallest absolute Gasteiger partial charge is 0.276 e. The van der Waals surface area contributed by atoms with E-state index in [1.54, 1.807) is 18.2 Å². The molecule has 0 atom stereocenters. The number of nitrogens with one attached hydrogen (secondary N) is 3. The van der Waals surface area contributed by atoms with Gasteiger partial charge >= 0.3 is 0 Å². The highest BCUT2D eigenvalue weighted by Crippen LogP contribution is 2.24. The Morgan fingerprint density at radius 3 is 2.09 bits per heavy atom. The second-order valence-corrected chi connectivity index (χ2v) is 7.79. The van der Waals surface area contributed by atoms with Gasteiger partial charge in [-0.25, -0.2) is 0 Å². The average Bonchev–Trinajstić information content (AvgIpc) is 2.79. The van der Waals surface area contributed by atoms with Crippen LogP contribution in [0, 0.1) is 6.92 Å². The van der Waals surface area contributed by atoms with Crippen LogP contribution in [0.1, 0.15) is 22.6 Å². The van der Waals surface area contributed by atoms with Gasteiger partial charge in [-0.05, 0) is 54.0 Å². The summed E-state index contributed by atoms with van der Waals surface area (Å²) < 4.78 is 5.48. The number of benzene rings is 3. The quantitative estimate of drug-likeness (QED) is 0.378. The summed E-state index contributed by atoms with van der Waals surface area (Å²) in [4.78, 5) is 25.1. The Kier molecular flexibility index (Phi) is 8.19. The van der Waals surface area contributed by atoms with Crippen LogP contribution >= 0.6 is 23.8 Å². The summed E-state index contributed by atoms with van der Waals surface area (Å²) in [6, 6.07) is 23.9. The molecule has 0 aliphatic heterocycles. The van der Waals surface area contributed by atoms with E-state index in [0.717, 1.165) is 16.7 Å². The molecule has 0 saturated carbocycles. The van der Waals surface area contributed by atoms with Gasteiger partial charge in [0, 0.05) is 5.02 Å². The molecule has 3 aromatic rings. The summed E-state index contributed by atoms with van der Waals surface area (Å²) in [7, 11) is 0. The number of amides is 2. The number of thiocarbonyl (C=S) groups is 1. The number of carbonyl (C=O) groups is 2. The fourth-order valence-electron chi connectivity index (χ4n) is 3.08. The third-order valence-corrected chi connectivity index (χ3v) is 5.02. The number of rotatable bonds is 6. The van der Waals surface area contributed by atoms with Crippen molar-refractivity contribution < 1.29 is 14.3 Å². The lowest BCUT2D eigenvalue weighted by molar-refractivity contribution is -0.124. The van der Waals surface area contributed by atoms with Gasteiger partial charge in [-0.15, -0.1) is 0 Å². The fraction of sp³-hybridized carbons (Fsp3) is 0.125. The van der Waals surface area contributed by atoms with E-state index in [1.807, 2.05) is 67.6 Å². The van der Waals surface area contributed by atoms with Crippen LogP contribution in [-0.2, 0) is 9.59 Å². The van der Waals surface area contributed by atoms with E-state index in [2.05, 4.69) is 16.2 Å². The van der Waals surface area contributed by atoms with Gasteiger partial charge < -0.3 is 10.1 Å². The Hall–Kier alpha value is -3.42. The molecule has 0 radical (unpaired) electrons. The van der Waals surface area contributed by atoms with Crippen molar-refractivity contribution in [3.63, 3.8) is 0 Å². The Balaban J connectivity index is 1.54. The standard InChI is InChI=1S/C24H22ClN3O3S/c1-16-14-19(25)12-13-20(16)31-15-21(29)27-28-24(32)26-23(30)22(17-8-4-2-5-9-17)18-10-6-3-7-11-18/h2-14,22H,15H2,1H3,(H,27,29)(H2,26,28,30,32). The first-order valence-corrected chi connectivity index (χ1v) is 10.6. The number of hydrogen-bond acceptors (Lipinski definition) is 4. The summed E-state index contributed by atoms with van der Waals surface area (Å²) >= 11 is 11.1. The summed E-state index contributed by atoms with van der Waals surface area (Å²) in [5.41, 5.74) is 7.41. The number of hydrazine groups is 1. The molecule has 2 amide bonds. The Morgan fingerprint density at radius 1 is 0.938 bits per heavy atom. The van der Waals surface area contributed by atoms with E-state index in [1.165, 1.54) is 0 Å². The van der Waals surface area contributed by atoms with Gasteiger partial charge in [-0.3, -0.25) is 20.4 Å². The second-order valence-electron chi connectivity index (χ2n) is 6.94. The molecule has 3 aromatic carbocycles. The number of halogens is 1. The maximum Gasteiger partial charge on any atom is 0.276 e. The SMILES string of the molecule is Cc1cc(Cl)ccc1OCC(=O)NNC(=S)NC(=O)C(c1ccccc1)c1ccccc1.